The van der Waals surface area contributed by atoms with Crippen LogP contribution < -0.4 is 4.72 Å². The van der Waals surface area contributed by atoms with Crippen molar-refractivity contribution in [1.82, 2.24) is 14.7 Å². The summed E-state index contributed by atoms with van der Waals surface area (Å²) >= 11 is 0. The van der Waals surface area contributed by atoms with Crippen LogP contribution in [0.15, 0.2) is 66.0 Å². The molecular formula is C16H15N3O3S. The predicted molar refractivity (Wildman–Crippen MR) is 86.1 cm³/mol. The number of aliphatic hydroxyl groups is 1. The van der Waals surface area contributed by atoms with Crippen molar-refractivity contribution in [1.29, 1.82) is 0 Å². The molecule has 0 spiro atoms. The van der Waals surface area contributed by atoms with E-state index in [0.717, 1.165) is 0 Å². The average Bonchev–Trinajstić information content (AvgIpc) is 2.60. The van der Waals surface area contributed by atoms with Crippen LogP contribution in [0.1, 0.15) is 11.6 Å². The molecule has 0 radical (unpaired) electrons. The molecule has 0 saturated heterocycles. The lowest BCUT2D eigenvalue weighted by Gasteiger charge is -2.17. The van der Waals surface area contributed by atoms with Crippen LogP contribution in [0.4, 0.5) is 0 Å². The van der Waals surface area contributed by atoms with Crippen molar-refractivity contribution >= 4 is 20.9 Å². The molecule has 1 aromatic carbocycles. The first kappa shape index (κ1) is 15.5. The van der Waals surface area contributed by atoms with Gasteiger partial charge < -0.3 is 5.11 Å². The van der Waals surface area contributed by atoms with Gasteiger partial charge in [0.15, 0.2) is 0 Å². The SMILES string of the molecule is O=S(=O)(NC(CO)c1cccnc1)c1cccc2ncccc12. The standard InChI is InChI=1S/C16H15N3O3S/c20-11-15(12-4-2-8-17-10-12)19-23(21,22)16-7-1-6-14-13(16)5-3-9-18-14/h1-10,15,19-20H,11H2. The molecule has 1 atom stereocenters. The highest BCUT2D eigenvalue weighted by Gasteiger charge is 2.23. The third kappa shape index (κ3) is 3.21. The molecule has 0 bridgehead atoms. The summed E-state index contributed by atoms with van der Waals surface area (Å²) in [6.45, 7) is -0.367. The normalized spacial score (nSPS) is 13.1. The van der Waals surface area contributed by atoms with Crippen molar-refractivity contribution in [2.45, 2.75) is 10.9 Å². The minimum Gasteiger partial charge on any atom is -0.394 e. The summed E-state index contributed by atoms with van der Waals surface area (Å²) in [5.74, 6) is 0. The first-order valence-electron chi connectivity index (χ1n) is 6.98. The fourth-order valence-electron chi connectivity index (χ4n) is 2.35. The van der Waals surface area contributed by atoms with Crippen molar-refractivity contribution in [2.24, 2.45) is 0 Å². The highest BCUT2D eigenvalue weighted by atomic mass is 32.2. The molecule has 6 nitrogen and oxygen atoms in total. The first-order valence-corrected chi connectivity index (χ1v) is 8.47. The summed E-state index contributed by atoms with van der Waals surface area (Å²) in [6.07, 6.45) is 4.72. The summed E-state index contributed by atoms with van der Waals surface area (Å²) in [7, 11) is -3.82. The van der Waals surface area contributed by atoms with E-state index in [1.54, 1.807) is 48.8 Å². The van der Waals surface area contributed by atoms with E-state index in [4.69, 9.17) is 0 Å². The van der Waals surface area contributed by atoms with E-state index < -0.39 is 16.1 Å². The zero-order chi connectivity index (χ0) is 16.3. The Labute approximate surface area is 133 Å². The third-order valence-corrected chi connectivity index (χ3v) is 4.99. The van der Waals surface area contributed by atoms with E-state index in [0.29, 0.717) is 16.5 Å². The lowest BCUT2D eigenvalue weighted by atomic mass is 10.1. The zero-order valence-electron chi connectivity index (χ0n) is 12.1. The molecule has 118 valence electrons. The topological polar surface area (TPSA) is 92.2 Å². The molecule has 2 heterocycles. The number of fused-ring (bicyclic) bond motifs is 1. The van der Waals surface area contributed by atoms with Crippen LogP contribution in [0.25, 0.3) is 10.9 Å². The molecule has 0 aliphatic carbocycles. The Morgan fingerprint density at radius 1 is 1.09 bits per heavy atom. The summed E-state index contributed by atoms with van der Waals surface area (Å²) < 4.78 is 28.0. The van der Waals surface area contributed by atoms with Crippen LogP contribution in [-0.2, 0) is 10.0 Å². The number of hydrogen-bond donors (Lipinski definition) is 2. The number of rotatable bonds is 5. The number of nitrogens with zero attached hydrogens (tertiary/aromatic N) is 2. The van der Waals surface area contributed by atoms with Crippen LogP contribution in [-0.4, -0.2) is 30.1 Å². The lowest BCUT2D eigenvalue weighted by molar-refractivity contribution is 0.258. The van der Waals surface area contributed by atoms with Crippen molar-refractivity contribution in [3.05, 3.63) is 66.6 Å². The molecule has 2 N–H and O–H groups in total. The van der Waals surface area contributed by atoms with Gasteiger partial charge >= 0.3 is 0 Å². The molecule has 3 aromatic rings. The monoisotopic (exact) mass is 329 g/mol. The molecule has 0 aliphatic rings. The van der Waals surface area contributed by atoms with Crippen molar-refractivity contribution in [3.63, 3.8) is 0 Å². The largest absolute Gasteiger partial charge is 0.394 e. The molecule has 0 aliphatic heterocycles. The van der Waals surface area contributed by atoms with E-state index in [-0.39, 0.29) is 11.5 Å². The van der Waals surface area contributed by atoms with E-state index in [1.165, 1.54) is 12.3 Å². The lowest BCUT2D eigenvalue weighted by Crippen LogP contribution is -2.31. The number of hydrogen-bond acceptors (Lipinski definition) is 5. The Morgan fingerprint density at radius 2 is 1.91 bits per heavy atom. The van der Waals surface area contributed by atoms with Crippen molar-refractivity contribution < 1.29 is 13.5 Å². The quantitative estimate of drug-likeness (QED) is 0.742. The summed E-state index contributed by atoms with van der Waals surface area (Å²) in [5.41, 5.74) is 1.19. The first-order chi connectivity index (χ1) is 11.1. The van der Waals surface area contributed by atoms with E-state index in [1.807, 2.05) is 0 Å². The molecule has 2 aromatic heterocycles. The van der Waals surface area contributed by atoms with Crippen LogP contribution in [0.2, 0.25) is 0 Å². The van der Waals surface area contributed by atoms with Gasteiger partial charge in [-0.1, -0.05) is 12.1 Å². The Hall–Kier alpha value is -2.35. The van der Waals surface area contributed by atoms with Gasteiger partial charge in [0.2, 0.25) is 10.0 Å². The van der Waals surface area contributed by atoms with Crippen LogP contribution in [0.5, 0.6) is 0 Å². The average molecular weight is 329 g/mol. The molecule has 3 rings (SSSR count). The van der Waals surface area contributed by atoms with E-state index in [9.17, 15) is 13.5 Å². The summed E-state index contributed by atoms with van der Waals surface area (Å²) in [6, 6.07) is 10.9. The van der Waals surface area contributed by atoms with Gasteiger partial charge in [-0.3, -0.25) is 9.97 Å². The number of benzene rings is 1. The van der Waals surface area contributed by atoms with Crippen molar-refractivity contribution in [3.8, 4) is 0 Å². The fourth-order valence-corrected chi connectivity index (χ4v) is 3.79. The van der Waals surface area contributed by atoms with Gasteiger partial charge in [-0.25, -0.2) is 13.1 Å². The highest BCUT2D eigenvalue weighted by Crippen LogP contribution is 2.23. The Bertz CT molecular complexity index is 909. The van der Waals surface area contributed by atoms with Crippen LogP contribution >= 0.6 is 0 Å². The fraction of sp³-hybridized carbons (Fsp3) is 0.125. The van der Waals surface area contributed by atoms with Gasteiger partial charge in [-0.05, 0) is 35.9 Å². The highest BCUT2D eigenvalue weighted by molar-refractivity contribution is 7.89. The van der Waals surface area contributed by atoms with Gasteiger partial charge in [0, 0.05) is 24.0 Å². The molecule has 0 fully saturated rings. The van der Waals surface area contributed by atoms with Gasteiger partial charge in [0.05, 0.1) is 23.1 Å². The molecule has 0 saturated carbocycles. The second-order valence-corrected chi connectivity index (χ2v) is 6.65. The smallest absolute Gasteiger partial charge is 0.241 e. The molecular weight excluding hydrogens is 314 g/mol. The second-order valence-electron chi connectivity index (χ2n) is 4.97. The van der Waals surface area contributed by atoms with Crippen molar-refractivity contribution in [2.75, 3.05) is 6.61 Å². The van der Waals surface area contributed by atoms with Gasteiger partial charge in [-0.2, -0.15) is 0 Å². The second kappa shape index (κ2) is 6.41. The van der Waals surface area contributed by atoms with Crippen LogP contribution in [0, 0.1) is 0 Å². The Balaban J connectivity index is 2.01. The van der Waals surface area contributed by atoms with Gasteiger partial charge in [-0.15, -0.1) is 0 Å². The zero-order valence-corrected chi connectivity index (χ0v) is 12.9. The van der Waals surface area contributed by atoms with E-state index in [2.05, 4.69) is 14.7 Å². The molecule has 23 heavy (non-hydrogen) atoms. The maximum atomic E-state index is 12.7. The maximum Gasteiger partial charge on any atom is 0.241 e. The van der Waals surface area contributed by atoms with Crippen LogP contribution in [0.3, 0.4) is 0 Å². The summed E-state index contributed by atoms with van der Waals surface area (Å²) in [4.78, 5) is 8.24. The number of aliphatic hydroxyl groups excluding tert-OH is 1. The van der Waals surface area contributed by atoms with Gasteiger partial charge in [0.25, 0.3) is 0 Å². The third-order valence-electron chi connectivity index (χ3n) is 3.46. The Morgan fingerprint density at radius 3 is 2.65 bits per heavy atom. The number of pyridine rings is 2. The molecule has 0 amide bonds. The maximum absolute atomic E-state index is 12.7. The predicted octanol–water partition coefficient (Wildman–Crippen LogP) is 1.64. The number of sulfonamides is 1. The number of aromatic nitrogens is 2. The summed E-state index contributed by atoms with van der Waals surface area (Å²) in [5, 5.41) is 10.1. The Kier molecular flexibility index (Phi) is 4.33. The molecule has 1 unspecified atom stereocenters. The minimum absolute atomic E-state index is 0.130. The number of nitrogens with one attached hydrogen (secondary N) is 1. The minimum atomic E-state index is -3.82. The van der Waals surface area contributed by atoms with Gasteiger partial charge in [0.1, 0.15) is 0 Å². The molecule has 7 heteroatoms. The van der Waals surface area contributed by atoms with E-state index >= 15 is 0 Å².